The summed E-state index contributed by atoms with van der Waals surface area (Å²) in [6, 6.07) is 10.4. The number of urea groups is 1. The molecule has 2 aromatic rings. The third-order valence-corrected chi connectivity index (χ3v) is 3.50. The van der Waals surface area contributed by atoms with E-state index < -0.39 is 6.03 Å². The monoisotopic (exact) mass is 289 g/mol. The average molecular weight is 289 g/mol. The molecule has 2 rings (SSSR count). The molecule has 6 heteroatoms. The second-order valence-electron chi connectivity index (χ2n) is 4.22. The lowest BCUT2D eigenvalue weighted by molar-refractivity contribution is -0.120. The van der Waals surface area contributed by atoms with E-state index in [1.807, 2.05) is 29.6 Å². The van der Waals surface area contributed by atoms with E-state index in [4.69, 9.17) is 5.73 Å². The van der Waals surface area contributed by atoms with Gasteiger partial charge in [-0.3, -0.25) is 4.79 Å². The van der Waals surface area contributed by atoms with Crippen molar-refractivity contribution in [2.75, 3.05) is 5.32 Å². The fourth-order valence-electron chi connectivity index (χ4n) is 1.68. The minimum Gasteiger partial charge on any atom is -0.352 e. The van der Waals surface area contributed by atoms with E-state index in [-0.39, 0.29) is 5.91 Å². The maximum Gasteiger partial charge on any atom is 0.316 e. The molecule has 0 fully saturated rings. The lowest BCUT2D eigenvalue weighted by atomic mass is 10.2. The number of carbonyl (C=O) groups is 2. The van der Waals surface area contributed by atoms with E-state index >= 15 is 0 Å². The standard InChI is InChI=1S/C14H15N3O2S/c15-14(19)17-11-5-3-10(4-6-11)9-16-13(18)8-12-2-1-7-20-12/h1-7H,8-9H2,(H,16,18)(H3,15,17,19). The minimum absolute atomic E-state index is 0.00760. The third-order valence-electron chi connectivity index (χ3n) is 2.63. The fourth-order valence-corrected chi connectivity index (χ4v) is 2.39. The average Bonchev–Trinajstić information content (AvgIpc) is 2.90. The minimum atomic E-state index is -0.595. The second kappa shape index (κ2) is 6.72. The number of carbonyl (C=O) groups excluding carboxylic acids is 2. The van der Waals surface area contributed by atoms with Crippen LogP contribution in [0.15, 0.2) is 41.8 Å². The van der Waals surface area contributed by atoms with Gasteiger partial charge in [-0.1, -0.05) is 18.2 Å². The first-order valence-electron chi connectivity index (χ1n) is 6.08. The maximum atomic E-state index is 11.7. The van der Waals surface area contributed by atoms with Gasteiger partial charge in [0.05, 0.1) is 6.42 Å². The fraction of sp³-hybridized carbons (Fsp3) is 0.143. The van der Waals surface area contributed by atoms with E-state index in [0.29, 0.717) is 18.7 Å². The van der Waals surface area contributed by atoms with Gasteiger partial charge in [-0.2, -0.15) is 0 Å². The highest BCUT2D eigenvalue weighted by atomic mass is 32.1. The van der Waals surface area contributed by atoms with Crippen molar-refractivity contribution in [3.05, 3.63) is 52.2 Å². The summed E-state index contributed by atoms with van der Waals surface area (Å²) in [5.41, 5.74) is 6.61. The van der Waals surface area contributed by atoms with Crippen LogP contribution in [0.5, 0.6) is 0 Å². The molecule has 0 bridgehead atoms. The van der Waals surface area contributed by atoms with Crippen LogP contribution in [0.1, 0.15) is 10.4 Å². The van der Waals surface area contributed by atoms with Gasteiger partial charge in [-0.25, -0.2) is 4.79 Å². The summed E-state index contributed by atoms with van der Waals surface area (Å²) in [5.74, 6) is -0.00760. The third kappa shape index (κ3) is 4.40. The number of hydrogen-bond acceptors (Lipinski definition) is 3. The number of rotatable bonds is 5. The van der Waals surface area contributed by atoms with Crippen molar-refractivity contribution in [3.63, 3.8) is 0 Å². The van der Waals surface area contributed by atoms with Gasteiger partial charge in [-0.05, 0) is 29.1 Å². The molecular formula is C14H15N3O2S. The van der Waals surface area contributed by atoms with Crippen molar-refractivity contribution in [2.24, 2.45) is 5.73 Å². The molecular weight excluding hydrogens is 274 g/mol. The van der Waals surface area contributed by atoms with E-state index in [1.165, 1.54) is 0 Å². The Morgan fingerprint density at radius 3 is 2.50 bits per heavy atom. The summed E-state index contributed by atoms with van der Waals surface area (Å²) in [6.45, 7) is 0.459. The molecule has 0 saturated heterocycles. The smallest absolute Gasteiger partial charge is 0.316 e. The van der Waals surface area contributed by atoms with Crippen LogP contribution in [-0.2, 0) is 17.8 Å². The van der Waals surface area contributed by atoms with Crippen LogP contribution in [-0.4, -0.2) is 11.9 Å². The van der Waals surface area contributed by atoms with Gasteiger partial charge in [0.15, 0.2) is 0 Å². The normalized spacial score (nSPS) is 10.0. The molecule has 0 aliphatic rings. The topological polar surface area (TPSA) is 84.2 Å². The number of hydrogen-bond donors (Lipinski definition) is 3. The van der Waals surface area contributed by atoms with Gasteiger partial charge in [0.1, 0.15) is 0 Å². The summed E-state index contributed by atoms with van der Waals surface area (Å²) in [7, 11) is 0. The first-order valence-corrected chi connectivity index (χ1v) is 6.96. The Bertz CT molecular complexity index is 579. The van der Waals surface area contributed by atoms with Gasteiger partial charge in [-0.15, -0.1) is 11.3 Å². The van der Waals surface area contributed by atoms with Crippen molar-refractivity contribution >= 4 is 29.0 Å². The molecule has 1 heterocycles. The van der Waals surface area contributed by atoms with Crippen molar-refractivity contribution in [3.8, 4) is 0 Å². The zero-order valence-electron chi connectivity index (χ0n) is 10.8. The molecule has 0 spiro atoms. The molecule has 3 amide bonds. The van der Waals surface area contributed by atoms with Crippen LogP contribution in [0.4, 0.5) is 10.5 Å². The predicted octanol–water partition coefficient (Wildman–Crippen LogP) is 2.10. The summed E-state index contributed by atoms with van der Waals surface area (Å²) >= 11 is 1.57. The van der Waals surface area contributed by atoms with Gasteiger partial charge < -0.3 is 16.4 Å². The largest absolute Gasteiger partial charge is 0.352 e. The SMILES string of the molecule is NC(=O)Nc1ccc(CNC(=O)Cc2cccs2)cc1. The van der Waals surface area contributed by atoms with Crippen molar-refractivity contribution < 1.29 is 9.59 Å². The van der Waals surface area contributed by atoms with Crippen LogP contribution in [0, 0.1) is 0 Å². The molecule has 104 valence electrons. The number of primary amides is 1. The van der Waals surface area contributed by atoms with Crippen molar-refractivity contribution in [1.82, 2.24) is 5.32 Å². The van der Waals surface area contributed by atoms with Gasteiger partial charge in [0.2, 0.25) is 5.91 Å². The Morgan fingerprint density at radius 1 is 1.15 bits per heavy atom. The van der Waals surface area contributed by atoms with Crippen molar-refractivity contribution in [2.45, 2.75) is 13.0 Å². The molecule has 0 unspecified atom stereocenters. The number of benzene rings is 1. The second-order valence-corrected chi connectivity index (χ2v) is 5.25. The number of nitrogens with one attached hydrogen (secondary N) is 2. The van der Waals surface area contributed by atoms with E-state index in [9.17, 15) is 9.59 Å². The Balaban J connectivity index is 1.81. The Kier molecular flexibility index (Phi) is 4.73. The quantitative estimate of drug-likeness (QED) is 0.787. The van der Waals surface area contributed by atoms with Crippen LogP contribution in [0.3, 0.4) is 0 Å². The molecule has 0 aliphatic carbocycles. The van der Waals surface area contributed by atoms with Crippen LogP contribution in [0.2, 0.25) is 0 Å². The molecule has 5 nitrogen and oxygen atoms in total. The van der Waals surface area contributed by atoms with E-state index in [1.54, 1.807) is 23.5 Å². The molecule has 0 saturated carbocycles. The Labute approximate surface area is 120 Å². The highest BCUT2D eigenvalue weighted by Gasteiger charge is 2.04. The summed E-state index contributed by atoms with van der Waals surface area (Å²) in [4.78, 5) is 23.4. The van der Waals surface area contributed by atoms with E-state index in [0.717, 1.165) is 10.4 Å². The highest BCUT2D eigenvalue weighted by Crippen LogP contribution is 2.10. The first kappa shape index (κ1) is 14.1. The Morgan fingerprint density at radius 2 is 1.90 bits per heavy atom. The zero-order chi connectivity index (χ0) is 14.4. The summed E-state index contributed by atoms with van der Waals surface area (Å²) in [6.07, 6.45) is 0.402. The summed E-state index contributed by atoms with van der Waals surface area (Å²) in [5, 5.41) is 7.28. The molecule has 1 aromatic heterocycles. The molecule has 20 heavy (non-hydrogen) atoms. The van der Waals surface area contributed by atoms with Crippen LogP contribution < -0.4 is 16.4 Å². The predicted molar refractivity (Wildman–Crippen MR) is 79.5 cm³/mol. The molecule has 0 radical (unpaired) electrons. The maximum absolute atomic E-state index is 11.7. The molecule has 4 N–H and O–H groups in total. The highest BCUT2D eigenvalue weighted by molar-refractivity contribution is 7.10. The van der Waals surface area contributed by atoms with E-state index in [2.05, 4.69) is 10.6 Å². The number of amides is 3. The van der Waals surface area contributed by atoms with Gasteiger partial charge in [0, 0.05) is 17.1 Å². The van der Waals surface area contributed by atoms with Gasteiger partial charge in [0.25, 0.3) is 0 Å². The molecule has 0 aliphatic heterocycles. The van der Waals surface area contributed by atoms with Gasteiger partial charge >= 0.3 is 6.03 Å². The number of thiophene rings is 1. The number of anilines is 1. The number of nitrogens with two attached hydrogens (primary N) is 1. The lowest BCUT2D eigenvalue weighted by Crippen LogP contribution is -2.24. The van der Waals surface area contributed by atoms with Crippen LogP contribution in [0.25, 0.3) is 0 Å². The molecule has 0 atom stereocenters. The Hall–Kier alpha value is -2.34. The first-order chi connectivity index (χ1) is 9.63. The summed E-state index contributed by atoms with van der Waals surface area (Å²) < 4.78 is 0. The lowest BCUT2D eigenvalue weighted by Gasteiger charge is -2.06. The van der Waals surface area contributed by atoms with Crippen molar-refractivity contribution in [1.29, 1.82) is 0 Å². The van der Waals surface area contributed by atoms with Crippen LogP contribution >= 0.6 is 11.3 Å². The zero-order valence-corrected chi connectivity index (χ0v) is 11.6. The molecule has 1 aromatic carbocycles.